The fraction of sp³-hybridized carbons (Fsp3) is 0.222. The molecule has 2 aromatic carbocycles. The summed E-state index contributed by atoms with van der Waals surface area (Å²) in [5.41, 5.74) is 10.4. The van der Waals surface area contributed by atoms with Crippen LogP contribution in [-0.2, 0) is 4.79 Å². The van der Waals surface area contributed by atoms with E-state index in [9.17, 15) is 9.59 Å². The molecule has 6 nitrogen and oxygen atoms in total. The maximum absolute atomic E-state index is 12.4. The maximum atomic E-state index is 12.4. The molecule has 6 heteroatoms. The number of carbonyl (C=O) groups is 2. The number of nitrogens with zero attached hydrogens (tertiary/aromatic N) is 4. The van der Waals surface area contributed by atoms with E-state index >= 15 is 0 Å². The molecular weight excluding hydrogens is 304 g/mol. The van der Waals surface area contributed by atoms with Gasteiger partial charge < -0.3 is 4.90 Å². The van der Waals surface area contributed by atoms with E-state index in [0.29, 0.717) is 30.6 Å². The minimum absolute atomic E-state index is 0.00951. The number of benzene rings is 2. The van der Waals surface area contributed by atoms with Crippen molar-refractivity contribution in [3.63, 3.8) is 0 Å². The van der Waals surface area contributed by atoms with E-state index in [4.69, 9.17) is 5.53 Å². The van der Waals surface area contributed by atoms with Crippen molar-refractivity contribution in [2.75, 3.05) is 18.0 Å². The maximum Gasteiger partial charge on any atom is 0.227 e. The van der Waals surface area contributed by atoms with Gasteiger partial charge in [0.25, 0.3) is 0 Å². The number of rotatable bonds is 5. The third-order valence-electron chi connectivity index (χ3n) is 4.09. The molecule has 1 unspecified atom stereocenters. The van der Waals surface area contributed by atoms with Crippen LogP contribution in [0.4, 0.5) is 5.69 Å². The van der Waals surface area contributed by atoms with Crippen LogP contribution < -0.4 is 4.90 Å². The molecule has 1 atom stereocenters. The molecule has 24 heavy (non-hydrogen) atoms. The summed E-state index contributed by atoms with van der Waals surface area (Å²) in [4.78, 5) is 28.9. The van der Waals surface area contributed by atoms with Gasteiger partial charge in [0.1, 0.15) is 0 Å². The molecule has 1 amide bonds. The van der Waals surface area contributed by atoms with Gasteiger partial charge in [-0.1, -0.05) is 35.4 Å². The molecule has 1 fully saturated rings. The summed E-state index contributed by atoms with van der Waals surface area (Å²) in [6, 6.07) is 16.1. The Hall–Kier alpha value is -3.11. The van der Waals surface area contributed by atoms with E-state index in [-0.39, 0.29) is 17.6 Å². The van der Waals surface area contributed by atoms with Crippen LogP contribution in [0.5, 0.6) is 0 Å². The number of ketones is 1. The summed E-state index contributed by atoms with van der Waals surface area (Å²) in [6.07, 6.45) is 0.379. The molecular formula is C18H16N4O2. The first-order chi connectivity index (χ1) is 11.7. The van der Waals surface area contributed by atoms with Gasteiger partial charge in [-0.05, 0) is 35.7 Å². The Morgan fingerprint density at radius 1 is 1.12 bits per heavy atom. The summed E-state index contributed by atoms with van der Waals surface area (Å²) in [5, 5.41) is 3.54. The van der Waals surface area contributed by atoms with E-state index in [0.717, 1.165) is 5.69 Å². The Labute approximate surface area is 139 Å². The average molecular weight is 320 g/mol. The monoisotopic (exact) mass is 320 g/mol. The van der Waals surface area contributed by atoms with Crippen molar-refractivity contribution in [2.24, 2.45) is 11.0 Å². The smallest absolute Gasteiger partial charge is 0.227 e. The number of anilines is 1. The molecule has 1 heterocycles. The minimum atomic E-state index is -0.0452. The highest BCUT2D eigenvalue weighted by atomic mass is 16.2. The van der Waals surface area contributed by atoms with Crippen molar-refractivity contribution < 1.29 is 9.59 Å². The van der Waals surface area contributed by atoms with E-state index < -0.39 is 0 Å². The van der Waals surface area contributed by atoms with Crippen LogP contribution in [0.3, 0.4) is 0 Å². The van der Waals surface area contributed by atoms with E-state index in [1.54, 1.807) is 41.3 Å². The molecule has 0 spiro atoms. The second kappa shape index (κ2) is 6.98. The molecule has 0 aromatic heterocycles. The predicted molar refractivity (Wildman–Crippen MR) is 90.8 cm³/mol. The molecule has 1 saturated heterocycles. The van der Waals surface area contributed by atoms with Gasteiger partial charge in [0, 0.05) is 41.2 Å². The van der Waals surface area contributed by atoms with Crippen LogP contribution in [0, 0.1) is 5.92 Å². The summed E-state index contributed by atoms with van der Waals surface area (Å²) in [5.74, 6) is 0.00503. The van der Waals surface area contributed by atoms with Crippen molar-refractivity contribution in [1.82, 2.24) is 0 Å². The first-order valence-electron chi connectivity index (χ1n) is 7.70. The zero-order valence-corrected chi connectivity index (χ0v) is 13.0. The van der Waals surface area contributed by atoms with Gasteiger partial charge in [-0.2, -0.15) is 0 Å². The standard InChI is InChI=1S/C18H16N4O2/c19-21-20-11-13-10-17(23)22(12-13)16-8-6-15(7-9-16)18(24)14-4-2-1-3-5-14/h1-9,13H,10-12H2. The minimum Gasteiger partial charge on any atom is -0.312 e. The SMILES string of the molecule is [N-]=[N+]=NCC1CC(=O)N(c2ccc(C(=O)c3ccccc3)cc2)C1. The van der Waals surface area contributed by atoms with E-state index in [1.165, 1.54) is 0 Å². The summed E-state index contributed by atoms with van der Waals surface area (Å²) in [7, 11) is 0. The summed E-state index contributed by atoms with van der Waals surface area (Å²) >= 11 is 0. The lowest BCUT2D eigenvalue weighted by molar-refractivity contribution is -0.117. The Bertz CT molecular complexity index is 796. The van der Waals surface area contributed by atoms with Crippen LogP contribution in [0.1, 0.15) is 22.3 Å². The van der Waals surface area contributed by atoms with Crippen LogP contribution in [-0.4, -0.2) is 24.8 Å². The second-order valence-electron chi connectivity index (χ2n) is 5.73. The fourth-order valence-electron chi connectivity index (χ4n) is 2.85. The molecule has 0 bridgehead atoms. The average Bonchev–Trinajstić information content (AvgIpc) is 3.01. The molecule has 0 saturated carbocycles. The first kappa shape index (κ1) is 15.8. The highest BCUT2D eigenvalue weighted by Gasteiger charge is 2.30. The molecule has 0 aliphatic carbocycles. The zero-order valence-electron chi connectivity index (χ0n) is 13.0. The van der Waals surface area contributed by atoms with Gasteiger partial charge in [0.05, 0.1) is 0 Å². The van der Waals surface area contributed by atoms with Crippen molar-refractivity contribution in [1.29, 1.82) is 0 Å². The Morgan fingerprint density at radius 2 is 1.79 bits per heavy atom. The highest BCUT2D eigenvalue weighted by Crippen LogP contribution is 2.26. The molecule has 3 rings (SSSR count). The molecule has 1 aliphatic heterocycles. The quantitative estimate of drug-likeness (QED) is 0.365. The lowest BCUT2D eigenvalue weighted by atomic mass is 10.0. The third kappa shape index (κ3) is 3.29. The number of amides is 1. The molecule has 0 radical (unpaired) electrons. The second-order valence-corrected chi connectivity index (χ2v) is 5.73. The normalized spacial score (nSPS) is 16.8. The number of hydrogen-bond donors (Lipinski definition) is 0. The molecule has 2 aromatic rings. The van der Waals surface area contributed by atoms with Gasteiger partial charge in [-0.15, -0.1) is 0 Å². The van der Waals surface area contributed by atoms with Gasteiger partial charge in [0.15, 0.2) is 5.78 Å². The summed E-state index contributed by atoms with van der Waals surface area (Å²) in [6.45, 7) is 0.854. The predicted octanol–water partition coefficient (Wildman–Crippen LogP) is 3.58. The van der Waals surface area contributed by atoms with Crippen LogP contribution >= 0.6 is 0 Å². The van der Waals surface area contributed by atoms with Gasteiger partial charge >= 0.3 is 0 Å². The number of hydrogen-bond acceptors (Lipinski definition) is 3. The largest absolute Gasteiger partial charge is 0.312 e. The van der Waals surface area contributed by atoms with Gasteiger partial charge in [-0.3, -0.25) is 9.59 Å². The molecule has 120 valence electrons. The van der Waals surface area contributed by atoms with Crippen molar-refractivity contribution in [3.05, 3.63) is 76.2 Å². The van der Waals surface area contributed by atoms with Crippen LogP contribution in [0.2, 0.25) is 0 Å². The lowest BCUT2D eigenvalue weighted by Gasteiger charge is -2.16. The van der Waals surface area contributed by atoms with Gasteiger partial charge in [-0.25, -0.2) is 0 Å². The van der Waals surface area contributed by atoms with Gasteiger partial charge in [0.2, 0.25) is 5.91 Å². The lowest BCUT2D eigenvalue weighted by Crippen LogP contribution is -2.24. The Morgan fingerprint density at radius 3 is 2.46 bits per heavy atom. The van der Waals surface area contributed by atoms with Crippen molar-refractivity contribution in [2.45, 2.75) is 6.42 Å². The van der Waals surface area contributed by atoms with E-state index in [2.05, 4.69) is 10.0 Å². The topological polar surface area (TPSA) is 86.1 Å². The summed E-state index contributed by atoms with van der Waals surface area (Å²) < 4.78 is 0. The highest BCUT2D eigenvalue weighted by molar-refractivity contribution is 6.09. The number of carbonyl (C=O) groups excluding carboxylic acids is 2. The number of azide groups is 1. The first-order valence-corrected chi connectivity index (χ1v) is 7.70. The Kier molecular flexibility index (Phi) is 4.59. The molecule has 0 N–H and O–H groups in total. The van der Waals surface area contributed by atoms with Crippen LogP contribution in [0.15, 0.2) is 59.7 Å². The van der Waals surface area contributed by atoms with Crippen molar-refractivity contribution in [3.8, 4) is 0 Å². The fourth-order valence-corrected chi connectivity index (χ4v) is 2.85. The Balaban J connectivity index is 1.74. The third-order valence-corrected chi connectivity index (χ3v) is 4.09. The van der Waals surface area contributed by atoms with Crippen molar-refractivity contribution >= 4 is 17.4 Å². The molecule has 1 aliphatic rings. The van der Waals surface area contributed by atoms with Crippen LogP contribution in [0.25, 0.3) is 10.4 Å². The van der Waals surface area contributed by atoms with E-state index in [1.807, 2.05) is 18.2 Å². The zero-order chi connectivity index (χ0) is 16.9.